The van der Waals surface area contributed by atoms with Gasteiger partial charge in [-0.1, -0.05) is 13.8 Å². The van der Waals surface area contributed by atoms with Crippen LogP contribution in [0.3, 0.4) is 0 Å². The molecule has 1 aliphatic carbocycles. The highest BCUT2D eigenvalue weighted by Gasteiger charge is 2.48. The number of rotatable bonds is 2. The third kappa shape index (κ3) is 1.18. The first-order valence-electron chi connectivity index (χ1n) is 3.92. The summed E-state index contributed by atoms with van der Waals surface area (Å²) in [6.07, 6.45) is -1.08. The molecule has 0 amide bonds. The van der Waals surface area contributed by atoms with Crippen LogP contribution in [-0.4, -0.2) is 22.4 Å². The predicted octanol–water partition coefficient (Wildman–Crippen LogP) is 0.630. The number of aliphatic hydroxyl groups excluding tert-OH is 2. The van der Waals surface area contributed by atoms with Gasteiger partial charge in [0.2, 0.25) is 0 Å². The van der Waals surface area contributed by atoms with E-state index >= 15 is 0 Å². The maximum Gasteiger partial charge on any atom is 0.0829 e. The second-order valence-corrected chi connectivity index (χ2v) is 3.53. The smallest absolute Gasteiger partial charge is 0.0829 e. The van der Waals surface area contributed by atoms with E-state index in [9.17, 15) is 5.11 Å². The second-order valence-electron chi connectivity index (χ2n) is 3.53. The lowest BCUT2D eigenvalue weighted by Gasteiger charge is -2.12. The van der Waals surface area contributed by atoms with E-state index in [-0.39, 0.29) is 0 Å². The molecule has 4 unspecified atom stereocenters. The van der Waals surface area contributed by atoms with Crippen LogP contribution in [0.2, 0.25) is 0 Å². The van der Waals surface area contributed by atoms with E-state index in [0.717, 1.165) is 0 Å². The molecule has 0 saturated heterocycles. The van der Waals surface area contributed by atoms with Gasteiger partial charge in [-0.2, -0.15) is 0 Å². The van der Waals surface area contributed by atoms with Gasteiger partial charge in [-0.15, -0.1) is 0 Å². The molecule has 0 radical (unpaired) electrons. The Labute approximate surface area is 61.9 Å². The zero-order valence-electron chi connectivity index (χ0n) is 6.78. The molecule has 0 aromatic heterocycles. The molecule has 0 aromatic rings. The van der Waals surface area contributed by atoms with Gasteiger partial charge in [-0.3, -0.25) is 0 Å². The molecular weight excluding hydrogens is 128 g/mol. The largest absolute Gasteiger partial charge is 0.391 e. The van der Waals surface area contributed by atoms with Crippen LogP contribution in [0.1, 0.15) is 20.8 Å². The summed E-state index contributed by atoms with van der Waals surface area (Å²) in [5.41, 5.74) is 0. The predicted molar refractivity (Wildman–Crippen MR) is 39.5 cm³/mol. The molecule has 0 bridgehead atoms. The quantitative estimate of drug-likeness (QED) is 0.596. The second kappa shape index (κ2) is 2.51. The molecule has 0 spiro atoms. The molecule has 2 nitrogen and oxygen atoms in total. The number of hydrogen-bond acceptors (Lipinski definition) is 2. The summed E-state index contributed by atoms with van der Waals surface area (Å²) in [7, 11) is 0. The van der Waals surface area contributed by atoms with Crippen molar-refractivity contribution in [1.82, 2.24) is 0 Å². The molecule has 60 valence electrons. The minimum absolute atomic E-state index is 0.333. The van der Waals surface area contributed by atoms with Gasteiger partial charge in [-0.25, -0.2) is 0 Å². The highest BCUT2D eigenvalue weighted by Crippen LogP contribution is 2.48. The van der Waals surface area contributed by atoms with Crippen molar-refractivity contribution >= 4 is 0 Å². The third-order valence-electron chi connectivity index (χ3n) is 2.79. The minimum Gasteiger partial charge on any atom is -0.391 e. The topological polar surface area (TPSA) is 40.5 Å². The normalized spacial score (nSPS) is 44.7. The lowest BCUT2D eigenvalue weighted by atomic mass is 10.1. The maximum atomic E-state index is 9.36. The SMILES string of the molecule is CC(O)C(O)C1C(C)C1C. The fraction of sp³-hybridized carbons (Fsp3) is 1.00. The first-order valence-corrected chi connectivity index (χ1v) is 3.92. The van der Waals surface area contributed by atoms with Crippen molar-refractivity contribution in [2.75, 3.05) is 0 Å². The summed E-state index contributed by atoms with van der Waals surface area (Å²) in [6.45, 7) is 5.87. The Morgan fingerprint density at radius 1 is 1.10 bits per heavy atom. The van der Waals surface area contributed by atoms with Crippen molar-refractivity contribution < 1.29 is 10.2 Å². The molecule has 1 rings (SSSR count). The summed E-state index contributed by atoms with van der Waals surface area (Å²) < 4.78 is 0. The molecule has 1 saturated carbocycles. The molecular formula is C8H16O2. The Balaban J connectivity index is 2.38. The minimum atomic E-state index is -0.572. The van der Waals surface area contributed by atoms with Gasteiger partial charge in [-0.05, 0) is 24.7 Å². The first kappa shape index (κ1) is 8.02. The Bertz CT molecular complexity index is 108. The van der Waals surface area contributed by atoms with Gasteiger partial charge in [0.05, 0.1) is 12.2 Å². The highest BCUT2D eigenvalue weighted by atomic mass is 16.3. The molecule has 2 heteroatoms. The van der Waals surface area contributed by atoms with Crippen molar-refractivity contribution in [1.29, 1.82) is 0 Å². The molecule has 4 atom stereocenters. The zero-order valence-corrected chi connectivity index (χ0v) is 6.78. The molecule has 0 aromatic carbocycles. The summed E-state index contributed by atoms with van der Waals surface area (Å²) in [6, 6.07) is 0. The van der Waals surface area contributed by atoms with Crippen LogP contribution in [0.5, 0.6) is 0 Å². The lowest BCUT2D eigenvalue weighted by Crippen LogP contribution is -2.25. The number of hydrogen-bond donors (Lipinski definition) is 2. The standard InChI is InChI=1S/C8H16O2/c1-4-5(2)7(4)8(10)6(3)9/h4-10H,1-3H3. The molecule has 0 heterocycles. The van der Waals surface area contributed by atoms with Crippen LogP contribution in [0, 0.1) is 17.8 Å². The monoisotopic (exact) mass is 144 g/mol. The Morgan fingerprint density at radius 2 is 1.50 bits per heavy atom. The van der Waals surface area contributed by atoms with Crippen molar-refractivity contribution in [3.63, 3.8) is 0 Å². The summed E-state index contributed by atoms with van der Waals surface area (Å²) in [5.74, 6) is 1.51. The van der Waals surface area contributed by atoms with Gasteiger partial charge in [0.15, 0.2) is 0 Å². The average Bonchev–Trinajstić information content (AvgIpc) is 2.40. The van der Waals surface area contributed by atoms with Gasteiger partial charge in [0.1, 0.15) is 0 Å². The highest BCUT2D eigenvalue weighted by molar-refractivity contribution is 4.96. The van der Waals surface area contributed by atoms with Gasteiger partial charge >= 0.3 is 0 Å². The van der Waals surface area contributed by atoms with Crippen LogP contribution in [0.4, 0.5) is 0 Å². The van der Waals surface area contributed by atoms with Crippen LogP contribution in [0.25, 0.3) is 0 Å². The van der Waals surface area contributed by atoms with E-state index in [2.05, 4.69) is 13.8 Å². The third-order valence-corrected chi connectivity index (χ3v) is 2.79. The van der Waals surface area contributed by atoms with Crippen molar-refractivity contribution in [3.8, 4) is 0 Å². The fourth-order valence-electron chi connectivity index (χ4n) is 1.64. The van der Waals surface area contributed by atoms with Crippen LogP contribution in [-0.2, 0) is 0 Å². The van der Waals surface area contributed by atoms with Crippen molar-refractivity contribution in [2.45, 2.75) is 33.0 Å². The average molecular weight is 144 g/mol. The summed E-state index contributed by atoms with van der Waals surface area (Å²) >= 11 is 0. The molecule has 10 heavy (non-hydrogen) atoms. The van der Waals surface area contributed by atoms with Gasteiger partial charge < -0.3 is 10.2 Å². The van der Waals surface area contributed by atoms with E-state index in [4.69, 9.17) is 5.11 Å². The van der Waals surface area contributed by atoms with E-state index < -0.39 is 12.2 Å². The van der Waals surface area contributed by atoms with Crippen LogP contribution in [0.15, 0.2) is 0 Å². The molecule has 0 aliphatic heterocycles. The van der Waals surface area contributed by atoms with Crippen molar-refractivity contribution in [2.24, 2.45) is 17.8 Å². The van der Waals surface area contributed by atoms with Crippen LogP contribution < -0.4 is 0 Å². The molecule has 2 N–H and O–H groups in total. The number of aliphatic hydroxyl groups is 2. The fourth-order valence-corrected chi connectivity index (χ4v) is 1.64. The summed E-state index contributed by atoms with van der Waals surface area (Å²) in [5, 5.41) is 18.4. The molecule has 1 fully saturated rings. The maximum absolute atomic E-state index is 9.36. The zero-order chi connectivity index (χ0) is 7.89. The Hall–Kier alpha value is -0.0800. The molecule has 1 aliphatic rings. The van der Waals surface area contributed by atoms with E-state index in [1.54, 1.807) is 6.92 Å². The summed E-state index contributed by atoms with van der Waals surface area (Å²) in [4.78, 5) is 0. The van der Waals surface area contributed by atoms with Crippen molar-refractivity contribution in [3.05, 3.63) is 0 Å². The van der Waals surface area contributed by atoms with E-state index in [0.29, 0.717) is 17.8 Å². The van der Waals surface area contributed by atoms with E-state index in [1.165, 1.54) is 0 Å². The van der Waals surface area contributed by atoms with E-state index in [1.807, 2.05) is 0 Å². The van der Waals surface area contributed by atoms with Gasteiger partial charge in [0, 0.05) is 0 Å². The Morgan fingerprint density at radius 3 is 1.60 bits per heavy atom. The lowest BCUT2D eigenvalue weighted by molar-refractivity contribution is 0.0122. The Kier molecular flexibility index (Phi) is 2.02. The first-order chi connectivity index (χ1) is 4.55. The van der Waals surface area contributed by atoms with Crippen LogP contribution >= 0.6 is 0 Å². The van der Waals surface area contributed by atoms with Gasteiger partial charge in [0.25, 0.3) is 0 Å².